The molecule has 2 aliphatic heterocycles. The fraction of sp³-hybridized carbons (Fsp3) is 0.941. The molecule has 0 radical (unpaired) electrons. The number of rotatable bonds is 3. The van der Waals surface area contributed by atoms with E-state index in [2.05, 4.69) is 47.8 Å². The summed E-state index contributed by atoms with van der Waals surface area (Å²) in [5, 5.41) is 3.60. The normalized spacial score (nSPS) is 28.7. The molecule has 2 unspecified atom stereocenters. The molecule has 4 heteroatoms. The third-order valence-corrected chi connectivity index (χ3v) is 5.06. The number of guanidine groups is 1. The first-order valence-corrected chi connectivity index (χ1v) is 8.61. The molecule has 2 rings (SSSR count). The van der Waals surface area contributed by atoms with Crippen LogP contribution in [0.1, 0.15) is 47.0 Å². The molecule has 0 amide bonds. The molecule has 2 atom stereocenters. The minimum atomic E-state index is 0.422. The predicted molar refractivity (Wildman–Crippen MR) is 90.8 cm³/mol. The van der Waals surface area contributed by atoms with Gasteiger partial charge in [-0.1, -0.05) is 20.8 Å². The number of aliphatic imine (C=N–C) groups is 1. The van der Waals surface area contributed by atoms with Crippen molar-refractivity contribution < 1.29 is 0 Å². The third kappa shape index (κ3) is 4.60. The van der Waals surface area contributed by atoms with Gasteiger partial charge in [0.1, 0.15) is 0 Å². The van der Waals surface area contributed by atoms with E-state index in [-0.39, 0.29) is 0 Å². The molecule has 0 bridgehead atoms. The molecule has 2 aliphatic rings. The van der Waals surface area contributed by atoms with Gasteiger partial charge in [-0.3, -0.25) is 9.89 Å². The summed E-state index contributed by atoms with van der Waals surface area (Å²) in [5.41, 5.74) is 0.422. The zero-order valence-electron chi connectivity index (χ0n) is 14.7. The van der Waals surface area contributed by atoms with Crippen LogP contribution in [-0.4, -0.2) is 61.6 Å². The number of nitrogens with one attached hydrogen (secondary N) is 1. The minimum absolute atomic E-state index is 0.422. The highest BCUT2D eigenvalue weighted by Gasteiger charge is 2.31. The second kappa shape index (κ2) is 6.99. The minimum Gasteiger partial charge on any atom is -0.355 e. The molecule has 0 aromatic heterocycles. The van der Waals surface area contributed by atoms with Crippen molar-refractivity contribution in [2.75, 3.05) is 39.8 Å². The van der Waals surface area contributed by atoms with Crippen LogP contribution in [0.5, 0.6) is 0 Å². The number of piperidine rings is 1. The first-order valence-electron chi connectivity index (χ1n) is 8.61. The Morgan fingerprint density at radius 3 is 2.71 bits per heavy atom. The second-order valence-electron chi connectivity index (χ2n) is 7.86. The van der Waals surface area contributed by atoms with Gasteiger partial charge in [0.2, 0.25) is 0 Å². The van der Waals surface area contributed by atoms with Crippen molar-refractivity contribution in [3.05, 3.63) is 0 Å². The van der Waals surface area contributed by atoms with Crippen molar-refractivity contribution >= 4 is 5.96 Å². The van der Waals surface area contributed by atoms with Gasteiger partial charge in [0.05, 0.1) is 0 Å². The molecule has 2 saturated heterocycles. The summed E-state index contributed by atoms with van der Waals surface area (Å²) in [6, 6.07) is 0.583. The largest absolute Gasteiger partial charge is 0.355 e. The Morgan fingerprint density at radius 1 is 1.38 bits per heavy atom. The second-order valence-corrected chi connectivity index (χ2v) is 7.86. The molecule has 21 heavy (non-hydrogen) atoms. The van der Waals surface area contributed by atoms with Crippen molar-refractivity contribution in [3.8, 4) is 0 Å². The summed E-state index contributed by atoms with van der Waals surface area (Å²) in [7, 11) is 1.90. The van der Waals surface area contributed by atoms with Crippen LogP contribution in [0.3, 0.4) is 0 Å². The molecular weight excluding hydrogens is 260 g/mol. The molecule has 4 nitrogen and oxygen atoms in total. The third-order valence-electron chi connectivity index (χ3n) is 5.06. The van der Waals surface area contributed by atoms with Crippen molar-refractivity contribution in [1.82, 2.24) is 15.1 Å². The van der Waals surface area contributed by atoms with E-state index in [0.717, 1.165) is 31.5 Å². The van der Waals surface area contributed by atoms with Crippen LogP contribution >= 0.6 is 0 Å². The van der Waals surface area contributed by atoms with Crippen LogP contribution in [0.2, 0.25) is 0 Å². The van der Waals surface area contributed by atoms with Crippen LogP contribution in [0, 0.1) is 11.3 Å². The molecule has 2 heterocycles. The van der Waals surface area contributed by atoms with E-state index in [1.165, 1.54) is 32.4 Å². The summed E-state index contributed by atoms with van der Waals surface area (Å²) in [6.07, 6.45) is 3.99. The first-order chi connectivity index (χ1) is 9.91. The van der Waals surface area contributed by atoms with Gasteiger partial charge in [-0.15, -0.1) is 0 Å². The smallest absolute Gasteiger partial charge is 0.193 e. The van der Waals surface area contributed by atoms with Crippen molar-refractivity contribution in [2.24, 2.45) is 16.3 Å². The van der Waals surface area contributed by atoms with Gasteiger partial charge in [-0.25, -0.2) is 0 Å². The van der Waals surface area contributed by atoms with E-state index in [4.69, 9.17) is 0 Å². The molecule has 122 valence electrons. The SMILES string of the molecule is CN=C(NCC(C)N1CCCC(C)C1)N1CCC(C)(C)C1. The van der Waals surface area contributed by atoms with Gasteiger partial charge in [-0.2, -0.15) is 0 Å². The average Bonchev–Trinajstić information content (AvgIpc) is 2.79. The van der Waals surface area contributed by atoms with E-state index in [1.807, 2.05) is 7.05 Å². The van der Waals surface area contributed by atoms with E-state index in [1.54, 1.807) is 0 Å². The van der Waals surface area contributed by atoms with Crippen LogP contribution in [0.25, 0.3) is 0 Å². The van der Waals surface area contributed by atoms with E-state index in [0.29, 0.717) is 11.5 Å². The Labute approximate surface area is 131 Å². The fourth-order valence-electron chi connectivity index (χ4n) is 3.62. The molecule has 0 saturated carbocycles. The van der Waals surface area contributed by atoms with Gasteiger partial charge in [0.25, 0.3) is 0 Å². The maximum Gasteiger partial charge on any atom is 0.193 e. The van der Waals surface area contributed by atoms with Gasteiger partial charge in [-0.05, 0) is 44.1 Å². The molecule has 0 spiro atoms. The van der Waals surface area contributed by atoms with Crippen LogP contribution < -0.4 is 5.32 Å². The predicted octanol–water partition coefficient (Wildman–Crippen LogP) is 2.41. The first kappa shape index (κ1) is 16.6. The van der Waals surface area contributed by atoms with E-state index >= 15 is 0 Å². The van der Waals surface area contributed by atoms with Crippen molar-refractivity contribution in [3.63, 3.8) is 0 Å². The summed E-state index contributed by atoms with van der Waals surface area (Å²) < 4.78 is 0. The number of nitrogens with zero attached hydrogens (tertiary/aromatic N) is 3. The van der Waals surface area contributed by atoms with Gasteiger partial charge < -0.3 is 10.2 Å². The number of hydrogen-bond acceptors (Lipinski definition) is 2. The molecule has 0 aromatic rings. The molecule has 0 aromatic carbocycles. The van der Waals surface area contributed by atoms with E-state index < -0.39 is 0 Å². The zero-order chi connectivity index (χ0) is 15.5. The summed E-state index contributed by atoms with van der Waals surface area (Å²) in [6.45, 7) is 15.1. The highest BCUT2D eigenvalue weighted by atomic mass is 15.3. The van der Waals surface area contributed by atoms with Crippen LogP contribution in [0.15, 0.2) is 4.99 Å². The Morgan fingerprint density at radius 2 is 2.14 bits per heavy atom. The highest BCUT2D eigenvalue weighted by Crippen LogP contribution is 2.28. The molecule has 0 aliphatic carbocycles. The molecule has 1 N–H and O–H groups in total. The van der Waals surface area contributed by atoms with Gasteiger partial charge in [0, 0.05) is 39.3 Å². The lowest BCUT2D eigenvalue weighted by Gasteiger charge is -2.36. The van der Waals surface area contributed by atoms with E-state index in [9.17, 15) is 0 Å². The lowest BCUT2D eigenvalue weighted by Crippen LogP contribution is -2.49. The Bertz CT molecular complexity index is 364. The molecule has 2 fully saturated rings. The number of likely N-dealkylation sites (tertiary alicyclic amines) is 2. The van der Waals surface area contributed by atoms with Crippen LogP contribution in [0.4, 0.5) is 0 Å². The standard InChI is InChI=1S/C17H34N4/c1-14-7-6-9-20(12-14)15(2)11-19-16(18-5)21-10-8-17(3,4)13-21/h14-15H,6-13H2,1-5H3,(H,18,19). The zero-order valence-corrected chi connectivity index (χ0v) is 14.7. The summed E-state index contributed by atoms with van der Waals surface area (Å²) in [5.74, 6) is 1.93. The fourth-order valence-corrected chi connectivity index (χ4v) is 3.62. The van der Waals surface area contributed by atoms with Crippen molar-refractivity contribution in [2.45, 2.75) is 53.0 Å². The lowest BCUT2D eigenvalue weighted by molar-refractivity contribution is 0.139. The quantitative estimate of drug-likeness (QED) is 0.640. The Hall–Kier alpha value is -0.770. The maximum absolute atomic E-state index is 4.48. The summed E-state index contributed by atoms with van der Waals surface area (Å²) in [4.78, 5) is 9.52. The lowest BCUT2D eigenvalue weighted by atomic mass is 9.93. The topological polar surface area (TPSA) is 30.9 Å². The number of hydrogen-bond donors (Lipinski definition) is 1. The summed E-state index contributed by atoms with van der Waals surface area (Å²) >= 11 is 0. The van der Waals surface area contributed by atoms with Crippen LogP contribution in [-0.2, 0) is 0 Å². The Kier molecular flexibility index (Phi) is 5.53. The molecular formula is C17H34N4. The monoisotopic (exact) mass is 294 g/mol. The van der Waals surface area contributed by atoms with Gasteiger partial charge in [0.15, 0.2) is 5.96 Å². The van der Waals surface area contributed by atoms with Gasteiger partial charge >= 0.3 is 0 Å². The highest BCUT2D eigenvalue weighted by molar-refractivity contribution is 5.80. The van der Waals surface area contributed by atoms with Crippen molar-refractivity contribution in [1.29, 1.82) is 0 Å². The maximum atomic E-state index is 4.48. The average molecular weight is 294 g/mol. The Balaban J connectivity index is 1.80.